The summed E-state index contributed by atoms with van der Waals surface area (Å²) >= 11 is 0. The van der Waals surface area contributed by atoms with Gasteiger partial charge in [-0.25, -0.2) is 4.39 Å². The van der Waals surface area contributed by atoms with E-state index in [2.05, 4.69) is 5.32 Å². The summed E-state index contributed by atoms with van der Waals surface area (Å²) in [6.07, 6.45) is 5.42. The molecule has 0 radical (unpaired) electrons. The molecule has 1 atom stereocenters. The van der Waals surface area contributed by atoms with Gasteiger partial charge in [0.1, 0.15) is 5.82 Å². The van der Waals surface area contributed by atoms with Gasteiger partial charge in [0.2, 0.25) is 5.91 Å². The Morgan fingerprint density at radius 2 is 2.40 bits per heavy atom. The fourth-order valence-electron chi connectivity index (χ4n) is 2.60. The van der Waals surface area contributed by atoms with Crippen LogP contribution in [0.1, 0.15) is 18.4 Å². The molecule has 0 saturated carbocycles. The van der Waals surface area contributed by atoms with Crippen LogP contribution in [0, 0.1) is 11.7 Å². The highest BCUT2D eigenvalue weighted by Crippen LogP contribution is 2.16. The summed E-state index contributed by atoms with van der Waals surface area (Å²) in [6.45, 7) is 2.55. The van der Waals surface area contributed by atoms with Crippen LogP contribution >= 0.6 is 0 Å². The van der Waals surface area contributed by atoms with E-state index in [9.17, 15) is 9.18 Å². The van der Waals surface area contributed by atoms with Gasteiger partial charge in [-0.2, -0.15) is 0 Å². The quantitative estimate of drug-likeness (QED) is 0.856. The average molecular weight is 276 g/mol. The number of halogens is 1. The average Bonchev–Trinajstić information content (AvgIpc) is 2.45. The van der Waals surface area contributed by atoms with Gasteiger partial charge in [-0.15, -0.1) is 0 Å². The third-order valence-electron chi connectivity index (χ3n) is 3.59. The van der Waals surface area contributed by atoms with Crippen molar-refractivity contribution in [2.45, 2.75) is 12.8 Å². The minimum absolute atomic E-state index is 0.00932. The summed E-state index contributed by atoms with van der Waals surface area (Å²) in [6, 6.07) is 6.24. The minimum atomic E-state index is -0.286. The Morgan fingerprint density at radius 3 is 3.15 bits per heavy atom. The predicted molar refractivity (Wildman–Crippen MR) is 78.7 cm³/mol. The molecule has 1 fully saturated rings. The number of piperidine rings is 1. The van der Waals surface area contributed by atoms with Gasteiger partial charge in [0.15, 0.2) is 0 Å². The van der Waals surface area contributed by atoms with Gasteiger partial charge >= 0.3 is 0 Å². The molecule has 1 aliphatic rings. The number of rotatable bonds is 4. The zero-order valence-electron chi connectivity index (χ0n) is 11.8. The molecule has 1 saturated heterocycles. The van der Waals surface area contributed by atoms with E-state index in [-0.39, 0.29) is 11.7 Å². The Bertz CT molecular complexity index is 485. The monoisotopic (exact) mass is 276 g/mol. The molecule has 0 bridgehead atoms. The van der Waals surface area contributed by atoms with Crippen molar-refractivity contribution >= 4 is 12.0 Å². The van der Waals surface area contributed by atoms with Crippen molar-refractivity contribution < 1.29 is 9.18 Å². The van der Waals surface area contributed by atoms with Crippen molar-refractivity contribution in [2.24, 2.45) is 5.92 Å². The number of nitrogens with zero attached hydrogens (tertiary/aromatic N) is 1. The zero-order valence-corrected chi connectivity index (χ0v) is 11.8. The predicted octanol–water partition coefficient (Wildman–Crippen LogP) is 2.30. The molecule has 1 aromatic rings. The fraction of sp³-hybridized carbons (Fsp3) is 0.438. The normalized spacial score (nSPS) is 19.5. The maximum atomic E-state index is 13.0. The first kappa shape index (κ1) is 14.7. The highest BCUT2D eigenvalue weighted by atomic mass is 19.1. The van der Waals surface area contributed by atoms with Crippen molar-refractivity contribution in [1.29, 1.82) is 0 Å². The molecule has 20 heavy (non-hydrogen) atoms. The Morgan fingerprint density at radius 1 is 1.55 bits per heavy atom. The standard InChI is InChI=1S/C16H21FN2O/c1-18-11-14-5-3-9-19(12-14)16(20)8-7-13-4-2-6-15(17)10-13/h2,4,6-8,10,14,18H,3,5,9,11-12H2,1H3. The zero-order chi connectivity index (χ0) is 14.4. The molecule has 1 aromatic carbocycles. The Labute approximate surface area is 119 Å². The molecule has 1 aliphatic heterocycles. The molecule has 0 aromatic heterocycles. The Balaban J connectivity index is 1.94. The van der Waals surface area contributed by atoms with Crippen molar-refractivity contribution in [3.8, 4) is 0 Å². The molecule has 1 amide bonds. The summed E-state index contributed by atoms with van der Waals surface area (Å²) in [5.41, 5.74) is 0.710. The lowest BCUT2D eigenvalue weighted by Crippen LogP contribution is -2.41. The van der Waals surface area contributed by atoms with Crippen LogP contribution < -0.4 is 5.32 Å². The van der Waals surface area contributed by atoms with Crippen LogP contribution in [0.15, 0.2) is 30.3 Å². The van der Waals surface area contributed by atoms with Crippen molar-refractivity contribution in [1.82, 2.24) is 10.2 Å². The van der Waals surface area contributed by atoms with Crippen LogP contribution in [0.25, 0.3) is 6.08 Å². The summed E-state index contributed by atoms with van der Waals surface area (Å²) in [7, 11) is 1.94. The van der Waals surface area contributed by atoms with Crippen LogP contribution in [-0.4, -0.2) is 37.5 Å². The smallest absolute Gasteiger partial charge is 0.246 e. The maximum Gasteiger partial charge on any atom is 0.246 e. The number of carbonyl (C=O) groups excluding carboxylic acids is 1. The maximum absolute atomic E-state index is 13.0. The summed E-state index contributed by atoms with van der Waals surface area (Å²) in [4.78, 5) is 14.0. The molecule has 0 spiro atoms. The lowest BCUT2D eigenvalue weighted by molar-refractivity contribution is -0.127. The van der Waals surface area contributed by atoms with Gasteiger partial charge in [-0.1, -0.05) is 12.1 Å². The van der Waals surface area contributed by atoms with Crippen LogP contribution in [0.5, 0.6) is 0 Å². The van der Waals surface area contributed by atoms with Crippen molar-refractivity contribution in [3.63, 3.8) is 0 Å². The van der Waals surface area contributed by atoms with E-state index in [0.29, 0.717) is 11.5 Å². The minimum Gasteiger partial charge on any atom is -0.339 e. The van der Waals surface area contributed by atoms with Crippen LogP contribution in [-0.2, 0) is 4.79 Å². The van der Waals surface area contributed by atoms with E-state index >= 15 is 0 Å². The summed E-state index contributed by atoms with van der Waals surface area (Å²) in [5, 5.41) is 3.16. The Hall–Kier alpha value is -1.68. The van der Waals surface area contributed by atoms with E-state index in [1.165, 1.54) is 18.2 Å². The number of amides is 1. The number of hydrogen-bond donors (Lipinski definition) is 1. The molecule has 108 valence electrons. The third kappa shape index (κ3) is 4.17. The van der Waals surface area contributed by atoms with Gasteiger partial charge in [0.25, 0.3) is 0 Å². The van der Waals surface area contributed by atoms with E-state index < -0.39 is 0 Å². The van der Waals surface area contributed by atoms with Gasteiger partial charge in [-0.05, 0) is 56.1 Å². The Kier molecular flexibility index (Phi) is 5.30. The first-order chi connectivity index (χ1) is 9.69. The molecule has 1 N–H and O–H groups in total. The summed E-state index contributed by atoms with van der Waals surface area (Å²) in [5.74, 6) is 0.252. The fourth-order valence-corrected chi connectivity index (χ4v) is 2.60. The van der Waals surface area contributed by atoms with E-state index in [4.69, 9.17) is 0 Å². The molecule has 0 aliphatic carbocycles. The van der Waals surface area contributed by atoms with Crippen LogP contribution in [0.4, 0.5) is 4.39 Å². The third-order valence-corrected chi connectivity index (χ3v) is 3.59. The van der Waals surface area contributed by atoms with Gasteiger partial charge < -0.3 is 10.2 Å². The van der Waals surface area contributed by atoms with Gasteiger partial charge in [0.05, 0.1) is 0 Å². The molecule has 4 heteroatoms. The van der Waals surface area contributed by atoms with E-state index in [1.54, 1.807) is 18.2 Å². The second-order valence-electron chi connectivity index (χ2n) is 5.24. The second-order valence-corrected chi connectivity index (χ2v) is 5.24. The first-order valence-corrected chi connectivity index (χ1v) is 7.06. The highest BCUT2D eigenvalue weighted by Gasteiger charge is 2.21. The number of carbonyl (C=O) groups is 1. The summed E-state index contributed by atoms with van der Waals surface area (Å²) < 4.78 is 13.0. The molecular weight excluding hydrogens is 255 g/mol. The molecule has 2 rings (SSSR count). The largest absolute Gasteiger partial charge is 0.339 e. The van der Waals surface area contributed by atoms with Gasteiger partial charge in [0, 0.05) is 19.2 Å². The first-order valence-electron chi connectivity index (χ1n) is 7.06. The van der Waals surface area contributed by atoms with E-state index in [0.717, 1.165) is 32.5 Å². The van der Waals surface area contributed by atoms with Gasteiger partial charge in [-0.3, -0.25) is 4.79 Å². The van der Waals surface area contributed by atoms with Crippen molar-refractivity contribution in [3.05, 3.63) is 41.7 Å². The SMILES string of the molecule is CNCC1CCCN(C(=O)C=Cc2cccc(F)c2)C1. The topological polar surface area (TPSA) is 32.3 Å². The molecular formula is C16H21FN2O. The number of likely N-dealkylation sites (tertiary alicyclic amines) is 1. The van der Waals surface area contributed by atoms with Crippen LogP contribution in [0.2, 0.25) is 0 Å². The lowest BCUT2D eigenvalue weighted by Gasteiger charge is -2.32. The highest BCUT2D eigenvalue weighted by molar-refractivity contribution is 5.91. The number of nitrogens with one attached hydrogen (secondary N) is 1. The van der Waals surface area contributed by atoms with E-state index in [1.807, 2.05) is 11.9 Å². The number of benzene rings is 1. The molecule has 3 nitrogen and oxygen atoms in total. The van der Waals surface area contributed by atoms with Crippen molar-refractivity contribution in [2.75, 3.05) is 26.7 Å². The molecule has 1 heterocycles. The number of hydrogen-bond acceptors (Lipinski definition) is 2. The lowest BCUT2D eigenvalue weighted by atomic mass is 9.98. The second kappa shape index (κ2) is 7.20. The van der Waals surface area contributed by atoms with Crippen LogP contribution in [0.3, 0.4) is 0 Å². The molecule has 1 unspecified atom stereocenters.